The second-order valence-corrected chi connectivity index (χ2v) is 12.4. The second kappa shape index (κ2) is 11.4. The molecule has 0 heterocycles. The van der Waals surface area contributed by atoms with Crippen molar-refractivity contribution in [3.05, 3.63) is 59.2 Å². The summed E-state index contributed by atoms with van der Waals surface area (Å²) in [7, 11) is 0.184. The van der Waals surface area contributed by atoms with Crippen molar-refractivity contribution in [2.75, 3.05) is 19.0 Å². The van der Waals surface area contributed by atoms with E-state index in [-0.39, 0.29) is 22.7 Å². The molecule has 0 spiro atoms. The van der Waals surface area contributed by atoms with Crippen LogP contribution in [0.25, 0.3) is 0 Å². The van der Waals surface area contributed by atoms with Crippen LogP contribution in [-0.2, 0) is 27.5 Å². The highest BCUT2D eigenvalue weighted by molar-refractivity contribution is 14.2. The quantitative estimate of drug-likeness (QED) is 0.284. The predicted octanol–water partition coefficient (Wildman–Crippen LogP) is 6.29. The summed E-state index contributed by atoms with van der Waals surface area (Å²) in [4.78, 5) is 14.4. The fraction of sp³-hybridized carbons (Fsp3) is 0.348. The van der Waals surface area contributed by atoms with E-state index >= 15 is 0 Å². The number of halogens is 4. The van der Waals surface area contributed by atoms with Crippen molar-refractivity contribution >= 4 is 51.9 Å². The Balaban J connectivity index is 2.63. The summed E-state index contributed by atoms with van der Waals surface area (Å²) in [5.41, 5.74) is -0.747. The molecule has 0 aliphatic carbocycles. The number of alkyl halides is 3. The lowest BCUT2D eigenvalue weighted by molar-refractivity contribution is -0.137. The average Bonchev–Trinajstić information content (AvgIpc) is 2.74. The highest BCUT2D eigenvalue weighted by Gasteiger charge is 2.31. The molecule has 0 atom stereocenters. The molecule has 0 N–H and O–H groups in total. The third-order valence-corrected chi connectivity index (χ3v) is 7.15. The third kappa shape index (κ3) is 8.03. The Labute approximate surface area is 219 Å². The van der Waals surface area contributed by atoms with Crippen LogP contribution in [0.5, 0.6) is 0 Å². The van der Waals surface area contributed by atoms with Crippen molar-refractivity contribution in [2.45, 2.75) is 44.0 Å². The number of carbonyl (C=O) groups excluding carboxylic acids is 1. The van der Waals surface area contributed by atoms with Crippen LogP contribution in [0, 0.1) is 11.2 Å². The lowest BCUT2D eigenvalue weighted by atomic mass is 10.1. The van der Waals surface area contributed by atoms with Gasteiger partial charge in [-0.3, -0.25) is 4.90 Å². The topological polar surface area (TPSA) is 66.9 Å². The van der Waals surface area contributed by atoms with Crippen LogP contribution in [0.3, 0.4) is 0 Å². The second-order valence-electron chi connectivity index (χ2n) is 8.53. The van der Waals surface area contributed by atoms with Crippen LogP contribution in [0.1, 0.15) is 37.5 Å². The van der Waals surface area contributed by atoms with E-state index < -0.39 is 33.5 Å². The number of hydrogen-bond acceptors (Lipinski definition) is 5. The van der Waals surface area contributed by atoms with Crippen LogP contribution >= 0.6 is 30.1 Å². The van der Waals surface area contributed by atoms with E-state index in [9.17, 15) is 26.4 Å². The van der Waals surface area contributed by atoms with E-state index in [2.05, 4.69) is 11.2 Å². The molecule has 0 radical (unpaired) electrons. The maximum absolute atomic E-state index is 13.1. The number of sulfonamides is 1. The monoisotopic (exact) mass is 640 g/mol. The van der Waals surface area contributed by atoms with Gasteiger partial charge in [-0.25, -0.2) is 17.5 Å². The fourth-order valence-corrected chi connectivity index (χ4v) is 4.25. The van der Waals surface area contributed by atoms with Crippen molar-refractivity contribution < 1.29 is 31.1 Å². The molecule has 2 aromatic rings. The van der Waals surface area contributed by atoms with E-state index in [4.69, 9.17) is 4.74 Å². The molecule has 0 aromatic heterocycles. The largest absolute Gasteiger partial charge is 0.443 e. The van der Waals surface area contributed by atoms with E-state index in [0.717, 1.165) is 16.4 Å². The summed E-state index contributed by atoms with van der Waals surface area (Å²) in [5.74, 6) is 2.85. The van der Waals surface area contributed by atoms with Gasteiger partial charge in [0.05, 0.1) is 28.3 Å². The highest BCUT2D eigenvalue weighted by Crippen LogP contribution is 2.31. The van der Waals surface area contributed by atoms with Gasteiger partial charge in [0.25, 0.3) is 0 Å². The molecule has 12 heteroatoms. The number of carbonyl (C=O) groups is 1. The zero-order valence-electron chi connectivity index (χ0n) is 19.6. The van der Waals surface area contributed by atoms with Crippen molar-refractivity contribution in [3.8, 4) is 11.2 Å². The first kappa shape index (κ1) is 29.3. The van der Waals surface area contributed by atoms with Crippen LogP contribution < -0.4 is 4.90 Å². The van der Waals surface area contributed by atoms with Gasteiger partial charge in [-0.15, -0.1) is 0 Å². The summed E-state index contributed by atoms with van der Waals surface area (Å²) < 4.78 is 70.8. The van der Waals surface area contributed by atoms with Gasteiger partial charge in [0, 0.05) is 35.3 Å². The Morgan fingerprint density at radius 3 is 2.17 bits per heavy atom. The van der Waals surface area contributed by atoms with Gasteiger partial charge in [0.15, 0.2) is 0 Å². The van der Waals surface area contributed by atoms with Gasteiger partial charge in [-0.1, -0.05) is 18.1 Å². The average molecular weight is 640 g/mol. The summed E-state index contributed by atoms with van der Waals surface area (Å²) in [6.45, 7) is 4.92. The van der Waals surface area contributed by atoms with Gasteiger partial charge in [0.1, 0.15) is 5.60 Å². The molecule has 1 amide bonds. The molecule has 0 aliphatic heterocycles. The summed E-state index contributed by atoms with van der Waals surface area (Å²) in [5, 5.41) is 2.78. The molecule has 0 bridgehead atoms. The molecular weight excluding hydrogens is 616 g/mol. The standard InChI is InChI=1S/C23H24F3IN2O4S2/c1-22(2,3)33-21(30)29(15-16-6-8-18(9-7-16)23(24,25)26)20-11-10-19(35(31,32)28(4)5)14-17(20)12-13-34-27/h6-11,14H,15H2,1-5H3. The normalized spacial score (nSPS) is 12.2. The molecule has 6 nitrogen and oxygen atoms in total. The van der Waals surface area contributed by atoms with E-state index in [1.807, 2.05) is 21.2 Å². The van der Waals surface area contributed by atoms with Crippen molar-refractivity contribution in [1.29, 1.82) is 0 Å². The smallest absolute Gasteiger partial charge is 0.416 e. The van der Waals surface area contributed by atoms with Crippen LogP contribution in [0.2, 0.25) is 0 Å². The maximum Gasteiger partial charge on any atom is 0.416 e. The van der Waals surface area contributed by atoms with Gasteiger partial charge in [-0.05, 0) is 70.9 Å². The zero-order chi connectivity index (χ0) is 26.6. The molecule has 0 saturated carbocycles. The Hall–Kier alpha value is -1.95. The number of benzene rings is 2. The van der Waals surface area contributed by atoms with Crippen molar-refractivity contribution in [3.63, 3.8) is 0 Å². The van der Waals surface area contributed by atoms with Crippen LogP contribution in [0.15, 0.2) is 47.4 Å². The lowest BCUT2D eigenvalue weighted by Gasteiger charge is -2.28. The van der Waals surface area contributed by atoms with Crippen LogP contribution in [0.4, 0.5) is 23.7 Å². The minimum atomic E-state index is -4.49. The number of nitrogens with zero attached hydrogens (tertiary/aromatic N) is 2. The van der Waals surface area contributed by atoms with Crippen molar-refractivity contribution in [2.24, 2.45) is 0 Å². The molecule has 0 fully saturated rings. The maximum atomic E-state index is 13.1. The molecule has 0 saturated heterocycles. The number of rotatable bonds is 5. The van der Waals surface area contributed by atoms with Gasteiger partial charge in [0.2, 0.25) is 10.0 Å². The van der Waals surface area contributed by atoms with Gasteiger partial charge >= 0.3 is 12.3 Å². The highest BCUT2D eigenvalue weighted by atomic mass is 127. The Kier molecular flexibility index (Phi) is 9.54. The SMILES string of the molecule is CN(C)S(=O)(=O)c1ccc(N(Cc2ccc(C(F)(F)F)cc2)C(=O)OC(C)(C)C)c(C#CSI)c1. The molecule has 35 heavy (non-hydrogen) atoms. The predicted molar refractivity (Wildman–Crippen MR) is 140 cm³/mol. The zero-order valence-corrected chi connectivity index (χ0v) is 23.4. The first-order valence-electron chi connectivity index (χ1n) is 10.1. The molecular formula is C23H24F3IN2O4S2. The first-order chi connectivity index (χ1) is 16.1. The van der Waals surface area contributed by atoms with E-state index in [0.29, 0.717) is 5.56 Å². The summed E-state index contributed by atoms with van der Waals surface area (Å²) >= 11 is 1.96. The van der Waals surface area contributed by atoms with Crippen LogP contribution in [-0.4, -0.2) is 38.5 Å². The number of ether oxygens (including phenoxy) is 1. The third-order valence-electron chi connectivity index (χ3n) is 4.50. The van der Waals surface area contributed by atoms with Gasteiger partial charge < -0.3 is 4.74 Å². The summed E-state index contributed by atoms with van der Waals surface area (Å²) in [6, 6.07) is 8.55. The number of hydrogen-bond donors (Lipinski definition) is 0. The van der Waals surface area contributed by atoms with Crippen molar-refractivity contribution in [1.82, 2.24) is 4.31 Å². The number of anilines is 1. The van der Waals surface area contributed by atoms with E-state index in [1.54, 1.807) is 20.8 Å². The minimum Gasteiger partial charge on any atom is -0.443 e. The number of amides is 1. The molecule has 2 rings (SSSR count). The van der Waals surface area contributed by atoms with Gasteiger partial charge in [-0.2, -0.15) is 13.2 Å². The Morgan fingerprint density at radius 1 is 1.09 bits per heavy atom. The fourth-order valence-electron chi connectivity index (χ4n) is 2.84. The molecule has 2 aromatic carbocycles. The minimum absolute atomic E-state index is 0.0207. The Morgan fingerprint density at radius 2 is 1.69 bits per heavy atom. The van der Waals surface area contributed by atoms with E-state index in [1.165, 1.54) is 58.3 Å². The molecule has 190 valence electrons. The molecule has 0 aliphatic rings. The first-order valence-corrected chi connectivity index (χ1v) is 14.9. The molecule has 0 unspecified atom stereocenters. The summed E-state index contributed by atoms with van der Waals surface area (Å²) in [6.07, 6.45) is -5.25. The lowest BCUT2D eigenvalue weighted by Crippen LogP contribution is -2.37. The Bertz CT molecular complexity index is 1230.